The first-order valence-corrected chi connectivity index (χ1v) is 9.25. The molecule has 0 aromatic rings. The molecule has 0 bridgehead atoms. The summed E-state index contributed by atoms with van der Waals surface area (Å²) in [5, 5.41) is 10.8. The monoisotopic (exact) mass is 334 g/mol. The summed E-state index contributed by atoms with van der Waals surface area (Å²) in [7, 11) is 1.41. The molecule has 1 saturated carbocycles. The molecule has 1 N–H and O–H groups in total. The first-order chi connectivity index (χ1) is 11.1. The molecular formula is C21H34O3. The van der Waals surface area contributed by atoms with Gasteiger partial charge in [-0.3, -0.25) is 0 Å². The molecule has 3 heteroatoms. The van der Waals surface area contributed by atoms with Gasteiger partial charge < -0.3 is 9.84 Å². The van der Waals surface area contributed by atoms with Crippen LogP contribution >= 0.6 is 0 Å². The molecule has 24 heavy (non-hydrogen) atoms. The number of ether oxygens (including phenoxy) is 1. The van der Waals surface area contributed by atoms with E-state index in [1.807, 2.05) is 6.92 Å². The second-order valence-corrected chi connectivity index (χ2v) is 8.51. The lowest BCUT2D eigenvalue weighted by molar-refractivity contribution is -0.135. The highest BCUT2D eigenvalue weighted by Crippen LogP contribution is 2.61. The number of carbonyl (C=O) groups is 1. The van der Waals surface area contributed by atoms with Gasteiger partial charge in [0.1, 0.15) is 0 Å². The van der Waals surface area contributed by atoms with Crippen LogP contribution in [0.2, 0.25) is 0 Å². The Bertz CT molecular complexity index is 547. The molecule has 0 aromatic heterocycles. The summed E-state index contributed by atoms with van der Waals surface area (Å²) >= 11 is 0. The van der Waals surface area contributed by atoms with Gasteiger partial charge in [0.05, 0.1) is 13.2 Å². The van der Waals surface area contributed by atoms with Crippen molar-refractivity contribution in [2.75, 3.05) is 7.11 Å². The minimum absolute atomic E-state index is 0.0765. The van der Waals surface area contributed by atoms with Crippen LogP contribution < -0.4 is 0 Å². The highest BCUT2D eigenvalue weighted by Gasteiger charge is 2.55. The van der Waals surface area contributed by atoms with Gasteiger partial charge in [0.15, 0.2) is 0 Å². The maximum Gasteiger partial charge on any atom is 0.330 e. The second kappa shape index (κ2) is 7.03. The molecule has 0 spiro atoms. The van der Waals surface area contributed by atoms with Crippen LogP contribution in [0.15, 0.2) is 23.3 Å². The van der Waals surface area contributed by atoms with E-state index in [2.05, 4.69) is 33.8 Å². The summed E-state index contributed by atoms with van der Waals surface area (Å²) < 4.78 is 4.73. The van der Waals surface area contributed by atoms with E-state index in [0.717, 1.165) is 31.3 Å². The quantitative estimate of drug-likeness (QED) is 0.462. The SMILES string of the molecule is COC(=O)/C=C(\C)CC[C@@]1(C)[C@H](C)[C@H](O)C[C@@]2(C)C(C)=CCC[C@H]12. The summed E-state index contributed by atoms with van der Waals surface area (Å²) in [6.07, 6.45) is 8.77. The van der Waals surface area contributed by atoms with E-state index >= 15 is 0 Å². The van der Waals surface area contributed by atoms with Crippen molar-refractivity contribution in [1.82, 2.24) is 0 Å². The third-order valence-corrected chi connectivity index (χ3v) is 7.25. The van der Waals surface area contributed by atoms with Crippen molar-refractivity contribution >= 4 is 5.97 Å². The van der Waals surface area contributed by atoms with Crippen molar-refractivity contribution in [1.29, 1.82) is 0 Å². The van der Waals surface area contributed by atoms with E-state index in [0.29, 0.717) is 5.92 Å². The zero-order valence-electron chi connectivity index (χ0n) is 16.2. The number of esters is 1. The van der Waals surface area contributed by atoms with Gasteiger partial charge in [0.2, 0.25) is 0 Å². The van der Waals surface area contributed by atoms with Crippen LogP contribution in [0, 0.1) is 22.7 Å². The average molecular weight is 335 g/mol. The third-order valence-electron chi connectivity index (χ3n) is 7.25. The Morgan fingerprint density at radius 2 is 2.12 bits per heavy atom. The molecule has 3 nitrogen and oxygen atoms in total. The maximum absolute atomic E-state index is 11.4. The first-order valence-electron chi connectivity index (χ1n) is 9.25. The van der Waals surface area contributed by atoms with Gasteiger partial charge in [-0.05, 0) is 68.6 Å². The highest BCUT2D eigenvalue weighted by molar-refractivity contribution is 5.82. The Labute approximate surface area is 147 Å². The Kier molecular flexibility index (Phi) is 5.64. The van der Waals surface area contributed by atoms with Gasteiger partial charge >= 0.3 is 5.97 Å². The van der Waals surface area contributed by atoms with E-state index in [4.69, 9.17) is 4.74 Å². The van der Waals surface area contributed by atoms with Crippen LogP contribution in [0.5, 0.6) is 0 Å². The number of aliphatic hydroxyl groups is 1. The number of hydrogen-bond acceptors (Lipinski definition) is 3. The lowest BCUT2D eigenvalue weighted by atomic mass is 9.46. The van der Waals surface area contributed by atoms with Crippen LogP contribution in [0.3, 0.4) is 0 Å². The van der Waals surface area contributed by atoms with Gasteiger partial charge in [-0.15, -0.1) is 0 Å². The summed E-state index contributed by atoms with van der Waals surface area (Å²) in [6, 6.07) is 0. The lowest BCUT2D eigenvalue weighted by Crippen LogP contribution is -2.55. The maximum atomic E-state index is 11.4. The zero-order chi connectivity index (χ0) is 18.1. The zero-order valence-corrected chi connectivity index (χ0v) is 16.2. The molecule has 0 unspecified atom stereocenters. The molecule has 2 rings (SSSR count). The fourth-order valence-electron chi connectivity index (χ4n) is 5.22. The molecule has 2 aliphatic rings. The van der Waals surface area contributed by atoms with Crippen LogP contribution in [0.4, 0.5) is 0 Å². The average Bonchev–Trinajstić information content (AvgIpc) is 2.53. The molecule has 0 aromatic carbocycles. The Hall–Kier alpha value is -1.09. The topological polar surface area (TPSA) is 46.5 Å². The molecule has 0 heterocycles. The molecular weight excluding hydrogens is 300 g/mol. The van der Waals surface area contributed by atoms with Gasteiger partial charge in [-0.1, -0.05) is 38.0 Å². The van der Waals surface area contributed by atoms with E-state index < -0.39 is 0 Å². The van der Waals surface area contributed by atoms with E-state index in [1.165, 1.54) is 19.1 Å². The van der Waals surface area contributed by atoms with Gasteiger partial charge in [-0.25, -0.2) is 4.79 Å². The number of aliphatic hydroxyl groups excluding tert-OH is 1. The Balaban J connectivity index is 2.26. The van der Waals surface area contributed by atoms with Crippen LogP contribution in [0.25, 0.3) is 0 Å². The predicted octanol–water partition coefficient (Wildman–Crippen LogP) is 4.66. The second-order valence-electron chi connectivity index (χ2n) is 8.51. The molecule has 5 atom stereocenters. The van der Waals surface area contributed by atoms with E-state index in [-0.39, 0.29) is 28.8 Å². The fraction of sp³-hybridized carbons (Fsp3) is 0.762. The summed E-state index contributed by atoms with van der Waals surface area (Å²) in [5.74, 6) is 0.572. The number of allylic oxidation sites excluding steroid dienone is 3. The molecule has 0 saturated heterocycles. The lowest BCUT2D eigenvalue weighted by Gasteiger charge is -2.59. The van der Waals surface area contributed by atoms with Gasteiger partial charge in [0.25, 0.3) is 0 Å². The molecule has 0 aliphatic heterocycles. The van der Waals surface area contributed by atoms with E-state index in [1.54, 1.807) is 6.08 Å². The van der Waals surface area contributed by atoms with Crippen LogP contribution in [-0.4, -0.2) is 24.3 Å². The number of carbonyl (C=O) groups excluding carboxylic acids is 1. The van der Waals surface area contributed by atoms with Crippen LogP contribution in [0.1, 0.15) is 66.7 Å². The normalized spacial score (nSPS) is 39.9. The largest absolute Gasteiger partial charge is 0.466 e. The van der Waals surface area contributed by atoms with Gasteiger partial charge in [-0.2, -0.15) is 0 Å². The first kappa shape index (κ1) is 19.2. The smallest absolute Gasteiger partial charge is 0.330 e. The van der Waals surface area contributed by atoms with E-state index in [9.17, 15) is 9.90 Å². The molecule has 0 amide bonds. The standard InChI is InChI=1S/C21H34O3/c1-14(12-19(23)24-6)10-11-20(4)16(3)17(22)13-21(5)15(2)8-7-9-18(20)21/h8,12,16-18,22H,7,9-11,13H2,1-6H3/b14-12+/t16-,17-,18-,20+,21+/m1/s1. The van der Waals surface area contributed by atoms with Crippen molar-refractivity contribution in [3.8, 4) is 0 Å². The molecule has 0 radical (unpaired) electrons. The summed E-state index contributed by atoms with van der Waals surface area (Å²) in [5.41, 5.74) is 2.67. The van der Waals surface area contributed by atoms with Crippen molar-refractivity contribution < 1.29 is 14.6 Å². The van der Waals surface area contributed by atoms with Crippen molar-refractivity contribution in [3.05, 3.63) is 23.3 Å². The summed E-state index contributed by atoms with van der Waals surface area (Å²) in [4.78, 5) is 11.4. The van der Waals surface area contributed by atoms with Crippen molar-refractivity contribution in [3.63, 3.8) is 0 Å². The van der Waals surface area contributed by atoms with Gasteiger partial charge in [0, 0.05) is 6.08 Å². The Morgan fingerprint density at radius 3 is 2.75 bits per heavy atom. The van der Waals surface area contributed by atoms with Crippen molar-refractivity contribution in [2.24, 2.45) is 22.7 Å². The molecule has 1 fully saturated rings. The minimum atomic E-state index is -0.282. The Morgan fingerprint density at radius 1 is 1.46 bits per heavy atom. The fourth-order valence-corrected chi connectivity index (χ4v) is 5.22. The van der Waals surface area contributed by atoms with Crippen LogP contribution in [-0.2, 0) is 9.53 Å². The number of fused-ring (bicyclic) bond motifs is 1. The highest BCUT2D eigenvalue weighted by atomic mass is 16.5. The minimum Gasteiger partial charge on any atom is -0.466 e. The summed E-state index contributed by atoms with van der Waals surface area (Å²) in [6.45, 7) is 11.1. The molecule has 136 valence electrons. The predicted molar refractivity (Wildman–Crippen MR) is 97.5 cm³/mol. The number of methoxy groups -OCH3 is 1. The molecule has 2 aliphatic carbocycles. The van der Waals surface area contributed by atoms with Crippen molar-refractivity contribution in [2.45, 2.75) is 72.8 Å². The number of hydrogen-bond donors (Lipinski definition) is 1. The third kappa shape index (κ3) is 3.33. The number of rotatable bonds is 4.